The Bertz CT molecular complexity index is 497. The molecular formula is C14H27IN6O. The molecule has 0 unspecified atom stereocenters. The molecule has 1 aromatic rings. The van der Waals surface area contributed by atoms with Crippen LogP contribution in [0.15, 0.2) is 17.4 Å². The molecule has 0 aliphatic carbocycles. The second-order valence-electron chi connectivity index (χ2n) is 5.61. The highest BCUT2D eigenvalue weighted by atomic mass is 127. The number of aryl methyl sites for hydroxylation is 1. The Kier molecular flexibility index (Phi) is 9.07. The van der Waals surface area contributed by atoms with Gasteiger partial charge in [0, 0.05) is 52.5 Å². The van der Waals surface area contributed by atoms with Gasteiger partial charge in [0.25, 0.3) is 0 Å². The maximum absolute atomic E-state index is 11.7. The molecule has 1 amide bonds. The van der Waals surface area contributed by atoms with Crippen molar-refractivity contribution in [3.05, 3.63) is 18.0 Å². The molecule has 0 bridgehead atoms. The number of carbonyl (C=O) groups excluding carboxylic acids is 1. The van der Waals surface area contributed by atoms with E-state index >= 15 is 0 Å². The van der Waals surface area contributed by atoms with Crippen LogP contribution >= 0.6 is 24.0 Å². The molecule has 0 radical (unpaired) electrons. The summed E-state index contributed by atoms with van der Waals surface area (Å²) in [6.45, 7) is 4.91. The van der Waals surface area contributed by atoms with Gasteiger partial charge in [0.2, 0.25) is 5.91 Å². The van der Waals surface area contributed by atoms with Crippen molar-refractivity contribution in [2.24, 2.45) is 12.0 Å². The molecule has 0 aliphatic heterocycles. The number of aromatic nitrogens is 2. The zero-order valence-corrected chi connectivity index (χ0v) is 16.5. The average Bonchev–Trinajstić information content (AvgIpc) is 2.78. The molecule has 22 heavy (non-hydrogen) atoms. The first-order valence-electron chi connectivity index (χ1n) is 6.99. The number of aliphatic imine (C=N–C) groups is 1. The first-order valence-corrected chi connectivity index (χ1v) is 6.99. The van der Waals surface area contributed by atoms with E-state index in [0.29, 0.717) is 12.5 Å². The maximum Gasteiger partial charge on any atom is 0.243 e. The third kappa shape index (κ3) is 7.10. The third-order valence-corrected chi connectivity index (χ3v) is 2.82. The van der Waals surface area contributed by atoms with Crippen LogP contribution in [0.1, 0.15) is 19.4 Å². The second-order valence-corrected chi connectivity index (χ2v) is 5.61. The molecule has 0 fully saturated rings. The van der Waals surface area contributed by atoms with Crippen molar-refractivity contribution < 1.29 is 4.79 Å². The Morgan fingerprint density at radius 3 is 2.50 bits per heavy atom. The summed E-state index contributed by atoms with van der Waals surface area (Å²) in [5, 5.41) is 7.44. The van der Waals surface area contributed by atoms with E-state index in [1.54, 1.807) is 18.8 Å². The Hall–Kier alpha value is -1.32. The zero-order valence-electron chi connectivity index (χ0n) is 14.2. The molecule has 126 valence electrons. The number of guanidine groups is 1. The SMILES string of the molecule is CC(C)NC(=NCC(=O)N(C)C)N(C)Cc1cnn(C)c1.I. The van der Waals surface area contributed by atoms with E-state index in [-0.39, 0.29) is 42.5 Å². The summed E-state index contributed by atoms with van der Waals surface area (Å²) in [6.07, 6.45) is 3.79. The van der Waals surface area contributed by atoms with Crippen LogP contribution in [-0.4, -0.2) is 65.2 Å². The summed E-state index contributed by atoms with van der Waals surface area (Å²) in [6, 6.07) is 0.245. The molecule has 0 aliphatic rings. The summed E-state index contributed by atoms with van der Waals surface area (Å²) < 4.78 is 1.77. The van der Waals surface area contributed by atoms with E-state index < -0.39 is 0 Å². The van der Waals surface area contributed by atoms with E-state index in [9.17, 15) is 4.79 Å². The van der Waals surface area contributed by atoms with Crippen molar-refractivity contribution >= 4 is 35.8 Å². The molecule has 1 rings (SSSR count). The van der Waals surface area contributed by atoms with Crippen LogP contribution in [0.5, 0.6) is 0 Å². The van der Waals surface area contributed by atoms with Crippen LogP contribution in [0.3, 0.4) is 0 Å². The van der Waals surface area contributed by atoms with E-state index in [4.69, 9.17) is 0 Å². The van der Waals surface area contributed by atoms with Crippen molar-refractivity contribution in [3.8, 4) is 0 Å². The Labute approximate surface area is 149 Å². The molecular weight excluding hydrogens is 395 g/mol. The van der Waals surface area contributed by atoms with Gasteiger partial charge in [-0.3, -0.25) is 9.48 Å². The van der Waals surface area contributed by atoms with Crippen LogP contribution in [0.4, 0.5) is 0 Å². The number of amides is 1. The van der Waals surface area contributed by atoms with Gasteiger partial charge < -0.3 is 15.1 Å². The molecule has 0 saturated heterocycles. The highest BCUT2D eigenvalue weighted by molar-refractivity contribution is 14.0. The van der Waals surface area contributed by atoms with Gasteiger partial charge in [-0.2, -0.15) is 5.10 Å². The Balaban J connectivity index is 0.00000441. The number of hydrogen-bond acceptors (Lipinski definition) is 3. The van der Waals surface area contributed by atoms with Crippen molar-refractivity contribution in [1.29, 1.82) is 0 Å². The van der Waals surface area contributed by atoms with E-state index in [0.717, 1.165) is 5.56 Å². The largest absolute Gasteiger partial charge is 0.354 e. The second kappa shape index (κ2) is 9.65. The van der Waals surface area contributed by atoms with Crippen molar-refractivity contribution in [2.45, 2.75) is 26.4 Å². The van der Waals surface area contributed by atoms with E-state index in [2.05, 4.69) is 15.4 Å². The van der Waals surface area contributed by atoms with Gasteiger partial charge in [0.1, 0.15) is 6.54 Å². The quantitative estimate of drug-likeness (QED) is 0.436. The first-order chi connectivity index (χ1) is 9.79. The predicted molar refractivity (Wildman–Crippen MR) is 99.4 cm³/mol. The van der Waals surface area contributed by atoms with Gasteiger partial charge in [0.05, 0.1) is 6.20 Å². The highest BCUT2D eigenvalue weighted by Crippen LogP contribution is 2.02. The number of likely N-dealkylation sites (N-methyl/N-ethyl adjacent to an activating group) is 1. The molecule has 1 N–H and O–H groups in total. The summed E-state index contributed by atoms with van der Waals surface area (Å²) >= 11 is 0. The molecule has 7 nitrogen and oxygen atoms in total. The Morgan fingerprint density at radius 2 is 2.05 bits per heavy atom. The lowest BCUT2D eigenvalue weighted by molar-refractivity contribution is -0.127. The van der Waals surface area contributed by atoms with Crippen LogP contribution in [0.25, 0.3) is 0 Å². The number of rotatable bonds is 5. The molecule has 8 heteroatoms. The molecule has 0 spiro atoms. The van der Waals surface area contributed by atoms with Gasteiger partial charge in [0.15, 0.2) is 5.96 Å². The zero-order chi connectivity index (χ0) is 16.0. The number of halogens is 1. The Morgan fingerprint density at radius 1 is 1.41 bits per heavy atom. The third-order valence-electron chi connectivity index (χ3n) is 2.82. The summed E-state index contributed by atoms with van der Waals surface area (Å²) in [7, 11) is 7.29. The minimum absolute atomic E-state index is 0. The minimum atomic E-state index is -0.0205. The average molecular weight is 422 g/mol. The smallest absolute Gasteiger partial charge is 0.243 e. The van der Waals surface area contributed by atoms with Crippen LogP contribution in [0, 0.1) is 0 Å². The van der Waals surface area contributed by atoms with Gasteiger partial charge >= 0.3 is 0 Å². The fourth-order valence-electron chi connectivity index (χ4n) is 1.72. The number of carbonyl (C=O) groups is 1. The van der Waals surface area contributed by atoms with Crippen molar-refractivity contribution in [3.63, 3.8) is 0 Å². The summed E-state index contributed by atoms with van der Waals surface area (Å²) in [5.41, 5.74) is 1.09. The topological polar surface area (TPSA) is 65.8 Å². The molecule has 0 aromatic carbocycles. The maximum atomic E-state index is 11.7. The summed E-state index contributed by atoms with van der Waals surface area (Å²) in [5.74, 6) is 0.692. The first kappa shape index (κ1) is 20.7. The van der Waals surface area contributed by atoms with E-state index in [1.807, 2.05) is 45.2 Å². The monoisotopic (exact) mass is 422 g/mol. The molecule has 0 atom stereocenters. The normalized spacial score (nSPS) is 11.1. The molecule has 1 heterocycles. The van der Waals surface area contributed by atoms with Crippen LogP contribution < -0.4 is 5.32 Å². The van der Waals surface area contributed by atoms with Crippen LogP contribution in [0.2, 0.25) is 0 Å². The van der Waals surface area contributed by atoms with Gasteiger partial charge in [-0.15, -0.1) is 24.0 Å². The van der Waals surface area contributed by atoms with Gasteiger partial charge in [-0.05, 0) is 13.8 Å². The number of nitrogens with zero attached hydrogens (tertiary/aromatic N) is 5. The lowest BCUT2D eigenvalue weighted by atomic mass is 10.3. The fourth-order valence-corrected chi connectivity index (χ4v) is 1.72. The van der Waals surface area contributed by atoms with Crippen molar-refractivity contribution in [1.82, 2.24) is 24.9 Å². The predicted octanol–water partition coefficient (Wildman–Crippen LogP) is 0.912. The summed E-state index contributed by atoms with van der Waals surface area (Å²) in [4.78, 5) is 19.6. The molecule has 1 aromatic heterocycles. The molecule has 0 saturated carbocycles. The number of nitrogens with one attached hydrogen (secondary N) is 1. The minimum Gasteiger partial charge on any atom is -0.354 e. The van der Waals surface area contributed by atoms with Gasteiger partial charge in [-0.25, -0.2) is 4.99 Å². The lowest BCUT2D eigenvalue weighted by Crippen LogP contribution is -2.42. The lowest BCUT2D eigenvalue weighted by Gasteiger charge is -2.24. The van der Waals surface area contributed by atoms with Crippen molar-refractivity contribution in [2.75, 3.05) is 27.7 Å². The van der Waals surface area contributed by atoms with Gasteiger partial charge in [-0.1, -0.05) is 0 Å². The fraction of sp³-hybridized carbons (Fsp3) is 0.643. The standard InChI is InChI=1S/C14H26N6O.HI/c1-11(2)17-14(15-8-13(21)18(3)4)19(5)9-12-7-16-20(6)10-12;/h7,10-11H,8-9H2,1-6H3,(H,15,17);1H. The number of hydrogen-bond donors (Lipinski definition) is 1. The highest BCUT2D eigenvalue weighted by Gasteiger charge is 2.11. The van der Waals surface area contributed by atoms with Crippen LogP contribution in [-0.2, 0) is 18.4 Å². The van der Waals surface area contributed by atoms with E-state index in [1.165, 1.54) is 4.90 Å².